The molecule has 6 nitrogen and oxygen atoms in total. The second kappa shape index (κ2) is 6.89. The minimum Gasteiger partial charge on any atom is -0.384 e. The molecule has 0 amide bonds. The number of sulfone groups is 1. The van der Waals surface area contributed by atoms with Crippen LogP contribution in [0.15, 0.2) is 18.2 Å². The van der Waals surface area contributed by atoms with E-state index in [4.69, 9.17) is 5.11 Å². The van der Waals surface area contributed by atoms with Crippen molar-refractivity contribution >= 4 is 25.5 Å². The lowest BCUT2D eigenvalue weighted by Gasteiger charge is -2.08. The molecule has 1 aromatic carbocycles. The van der Waals surface area contributed by atoms with E-state index in [0.29, 0.717) is 0 Å². The molecule has 0 spiro atoms. The summed E-state index contributed by atoms with van der Waals surface area (Å²) in [5, 5.41) is 8.52. The number of hydrogen-bond acceptors (Lipinski definition) is 5. The molecule has 0 saturated carbocycles. The van der Waals surface area contributed by atoms with Crippen LogP contribution >= 0.6 is 0 Å². The van der Waals surface area contributed by atoms with Gasteiger partial charge in [0.1, 0.15) is 22.3 Å². The van der Waals surface area contributed by atoms with E-state index in [0.717, 1.165) is 12.3 Å². The van der Waals surface area contributed by atoms with Crippen LogP contribution in [0, 0.1) is 17.7 Å². The minimum absolute atomic E-state index is 0.278. The van der Waals surface area contributed by atoms with Gasteiger partial charge in [-0.2, -0.15) is 0 Å². The van der Waals surface area contributed by atoms with Gasteiger partial charge >= 0.3 is 0 Å². The molecule has 0 aliphatic heterocycles. The molecule has 0 bridgehead atoms. The molecule has 1 rings (SSSR count). The largest absolute Gasteiger partial charge is 0.384 e. The van der Waals surface area contributed by atoms with Gasteiger partial charge in [-0.1, -0.05) is 11.8 Å². The second-order valence-electron chi connectivity index (χ2n) is 4.21. The van der Waals surface area contributed by atoms with Crippen LogP contribution in [0.2, 0.25) is 0 Å². The number of sulfonamides is 1. The van der Waals surface area contributed by atoms with Gasteiger partial charge in [0.05, 0.1) is 17.2 Å². The van der Waals surface area contributed by atoms with Crippen LogP contribution < -0.4 is 4.72 Å². The average molecular weight is 335 g/mol. The fraction of sp³-hybridized carbons (Fsp3) is 0.333. The van der Waals surface area contributed by atoms with Gasteiger partial charge in [0.2, 0.25) is 10.0 Å². The van der Waals surface area contributed by atoms with E-state index in [1.54, 1.807) is 0 Å². The molecule has 0 heterocycles. The number of benzene rings is 1. The van der Waals surface area contributed by atoms with Gasteiger partial charge in [0.25, 0.3) is 0 Å². The summed E-state index contributed by atoms with van der Waals surface area (Å²) in [5.74, 6) is 2.75. The van der Waals surface area contributed by atoms with Gasteiger partial charge in [-0.05, 0) is 18.2 Å². The van der Waals surface area contributed by atoms with Gasteiger partial charge < -0.3 is 5.11 Å². The van der Waals surface area contributed by atoms with Crippen molar-refractivity contribution in [3.8, 4) is 11.8 Å². The molecular weight excluding hydrogens is 321 g/mol. The molecule has 9 heteroatoms. The van der Waals surface area contributed by atoms with Crippen molar-refractivity contribution in [2.45, 2.75) is 0 Å². The van der Waals surface area contributed by atoms with Crippen molar-refractivity contribution in [2.75, 3.05) is 29.1 Å². The summed E-state index contributed by atoms with van der Waals surface area (Å²) in [5.41, 5.74) is -0.0151. The molecule has 0 saturated heterocycles. The second-order valence-corrected chi connectivity index (χ2v) is 8.31. The third-order valence-electron chi connectivity index (χ3n) is 2.27. The van der Waals surface area contributed by atoms with Crippen LogP contribution in [-0.2, 0) is 19.9 Å². The maximum atomic E-state index is 13.7. The number of aliphatic hydroxyl groups excluding tert-OH is 1. The Bertz CT molecular complexity index is 776. The van der Waals surface area contributed by atoms with Crippen LogP contribution in [0.5, 0.6) is 0 Å². The number of anilines is 1. The summed E-state index contributed by atoms with van der Waals surface area (Å²) in [6.45, 7) is -0.374. The molecular formula is C12H14FNO5S2. The molecule has 0 atom stereocenters. The monoisotopic (exact) mass is 335 g/mol. The van der Waals surface area contributed by atoms with Gasteiger partial charge in [-0.25, -0.2) is 21.2 Å². The molecule has 0 aliphatic carbocycles. The van der Waals surface area contributed by atoms with Crippen molar-refractivity contribution < 1.29 is 26.3 Å². The molecule has 116 valence electrons. The van der Waals surface area contributed by atoms with Gasteiger partial charge in [-0.15, -0.1) is 0 Å². The average Bonchev–Trinajstić information content (AvgIpc) is 2.36. The highest BCUT2D eigenvalue weighted by atomic mass is 32.2. The number of hydrogen-bond donors (Lipinski definition) is 2. The zero-order chi connectivity index (χ0) is 16.1. The third kappa shape index (κ3) is 6.57. The highest BCUT2D eigenvalue weighted by Crippen LogP contribution is 2.17. The lowest BCUT2D eigenvalue weighted by molar-refractivity contribution is 0.350. The fourth-order valence-corrected chi connectivity index (χ4v) is 3.99. The van der Waals surface area contributed by atoms with Crippen molar-refractivity contribution in [1.82, 2.24) is 0 Å². The van der Waals surface area contributed by atoms with Crippen molar-refractivity contribution in [3.05, 3.63) is 29.6 Å². The number of halogens is 1. The molecule has 0 unspecified atom stereocenters. The van der Waals surface area contributed by atoms with Crippen LogP contribution in [0.3, 0.4) is 0 Å². The highest BCUT2D eigenvalue weighted by Gasteiger charge is 2.16. The molecule has 1 aromatic rings. The Hall–Kier alpha value is -1.63. The standard InChI is InChI=1S/C12H14FNO5S2/c1-20(16,17)7-8-21(18,19)14-12-5-4-10(3-2-6-15)9-11(12)13/h4-5,9,14-15H,6-8H2,1H3. The van der Waals surface area contributed by atoms with Crippen LogP contribution in [-0.4, -0.2) is 46.3 Å². The van der Waals surface area contributed by atoms with Crippen molar-refractivity contribution in [1.29, 1.82) is 0 Å². The maximum absolute atomic E-state index is 13.7. The minimum atomic E-state index is -3.97. The zero-order valence-corrected chi connectivity index (χ0v) is 12.8. The summed E-state index contributed by atoms with van der Waals surface area (Å²) in [7, 11) is -7.40. The summed E-state index contributed by atoms with van der Waals surface area (Å²) in [6, 6.07) is 3.56. The predicted octanol–water partition coefficient (Wildman–Crippen LogP) is -0.0442. The Balaban J connectivity index is 2.88. The van der Waals surface area contributed by atoms with E-state index in [9.17, 15) is 21.2 Å². The van der Waals surface area contributed by atoms with Crippen molar-refractivity contribution in [3.63, 3.8) is 0 Å². The molecule has 0 fully saturated rings. The number of nitrogens with one attached hydrogen (secondary N) is 1. The summed E-state index contributed by atoms with van der Waals surface area (Å²) in [4.78, 5) is 0. The molecule has 0 aliphatic rings. The number of rotatable bonds is 5. The highest BCUT2D eigenvalue weighted by molar-refractivity contribution is 7.95. The quantitative estimate of drug-likeness (QED) is 0.735. The van der Waals surface area contributed by atoms with E-state index >= 15 is 0 Å². The first-order chi connectivity index (χ1) is 9.63. The SMILES string of the molecule is CS(=O)(=O)CCS(=O)(=O)Nc1ccc(C#CCO)cc1F. The topological polar surface area (TPSA) is 101 Å². The Morgan fingerprint density at radius 2 is 1.90 bits per heavy atom. The summed E-state index contributed by atoms with van der Waals surface area (Å²) < 4.78 is 60.9. The molecule has 0 radical (unpaired) electrons. The Morgan fingerprint density at radius 3 is 2.43 bits per heavy atom. The van der Waals surface area contributed by atoms with E-state index in [1.165, 1.54) is 12.1 Å². The van der Waals surface area contributed by atoms with Gasteiger partial charge in [-0.3, -0.25) is 4.72 Å². The van der Waals surface area contributed by atoms with E-state index in [1.807, 2.05) is 4.72 Å². The Kier molecular flexibility index (Phi) is 5.71. The predicted molar refractivity (Wildman–Crippen MR) is 77.5 cm³/mol. The number of aliphatic hydroxyl groups is 1. The third-order valence-corrected chi connectivity index (χ3v) is 4.75. The first-order valence-corrected chi connectivity index (χ1v) is 9.42. The fourth-order valence-electron chi connectivity index (χ4n) is 1.30. The zero-order valence-electron chi connectivity index (χ0n) is 11.1. The van der Waals surface area contributed by atoms with E-state index in [2.05, 4.69) is 11.8 Å². The maximum Gasteiger partial charge on any atom is 0.233 e. The van der Waals surface area contributed by atoms with Crippen LogP contribution in [0.4, 0.5) is 10.1 Å². The first-order valence-electron chi connectivity index (χ1n) is 5.70. The van der Waals surface area contributed by atoms with Crippen LogP contribution in [0.25, 0.3) is 0 Å². The van der Waals surface area contributed by atoms with E-state index in [-0.39, 0.29) is 17.9 Å². The Morgan fingerprint density at radius 1 is 1.24 bits per heavy atom. The smallest absolute Gasteiger partial charge is 0.233 e. The van der Waals surface area contributed by atoms with Crippen LogP contribution in [0.1, 0.15) is 5.56 Å². The van der Waals surface area contributed by atoms with Gasteiger partial charge in [0, 0.05) is 11.8 Å². The summed E-state index contributed by atoms with van der Waals surface area (Å²) in [6.07, 6.45) is 0.914. The Labute approximate surface area is 123 Å². The first kappa shape index (κ1) is 17.4. The lowest BCUT2D eigenvalue weighted by atomic mass is 10.2. The summed E-state index contributed by atoms with van der Waals surface area (Å²) >= 11 is 0. The van der Waals surface area contributed by atoms with E-state index < -0.39 is 37.2 Å². The normalized spacial score (nSPS) is 11.6. The molecule has 2 N–H and O–H groups in total. The molecule has 21 heavy (non-hydrogen) atoms. The molecule has 0 aromatic heterocycles. The van der Waals surface area contributed by atoms with Gasteiger partial charge in [0.15, 0.2) is 0 Å². The van der Waals surface area contributed by atoms with Crippen molar-refractivity contribution in [2.24, 2.45) is 0 Å². The lowest BCUT2D eigenvalue weighted by Crippen LogP contribution is -2.22.